The van der Waals surface area contributed by atoms with Crippen LogP contribution >= 0.6 is 0 Å². The minimum atomic E-state index is -0.423. The zero-order chi connectivity index (χ0) is 15.5. The van der Waals surface area contributed by atoms with Gasteiger partial charge >= 0.3 is 0 Å². The molecule has 2 atom stereocenters. The predicted molar refractivity (Wildman–Crippen MR) is 82.6 cm³/mol. The second-order valence-electron chi connectivity index (χ2n) is 6.61. The van der Waals surface area contributed by atoms with Gasteiger partial charge in [-0.2, -0.15) is 0 Å². The van der Waals surface area contributed by atoms with Gasteiger partial charge in [0.1, 0.15) is 5.82 Å². The molecule has 0 radical (unpaired) electrons. The van der Waals surface area contributed by atoms with Crippen molar-refractivity contribution in [3.63, 3.8) is 0 Å². The van der Waals surface area contributed by atoms with Crippen LogP contribution in [0.1, 0.15) is 39.3 Å². The van der Waals surface area contributed by atoms with Crippen molar-refractivity contribution in [2.24, 2.45) is 5.41 Å². The van der Waals surface area contributed by atoms with E-state index < -0.39 is 6.10 Å². The molecule has 0 amide bonds. The van der Waals surface area contributed by atoms with Crippen LogP contribution in [0.3, 0.4) is 0 Å². The van der Waals surface area contributed by atoms with Gasteiger partial charge in [0.25, 0.3) is 0 Å². The van der Waals surface area contributed by atoms with E-state index in [0.29, 0.717) is 6.54 Å². The third-order valence-corrected chi connectivity index (χ3v) is 3.56. The van der Waals surface area contributed by atoms with E-state index >= 15 is 0 Å². The minimum absolute atomic E-state index is 0.0463. The number of anilines is 1. The van der Waals surface area contributed by atoms with E-state index in [2.05, 4.69) is 5.32 Å². The Morgan fingerprint density at radius 1 is 1.30 bits per heavy atom. The average molecular weight is 282 g/mol. The zero-order valence-corrected chi connectivity index (χ0v) is 13.4. The fourth-order valence-electron chi connectivity index (χ4n) is 1.97. The van der Waals surface area contributed by atoms with Crippen LogP contribution in [0.4, 0.5) is 10.1 Å². The summed E-state index contributed by atoms with van der Waals surface area (Å²) in [6.45, 7) is 8.55. The van der Waals surface area contributed by atoms with Crippen molar-refractivity contribution >= 4 is 5.69 Å². The Bertz CT molecular complexity index is 441. The maximum Gasteiger partial charge on any atom is 0.125 e. The maximum absolute atomic E-state index is 13.4. The van der Waals surface area contributed by atoms with Gasteiger partial charge in [-0.3, -0.25) is 0 Å². The molecule has 20 heavy (non-hydrogen) atoms. The molecule has 1 rings (SSSR count). The molecule has 3 nitrogen and oxygen atoms in total. The Hall–Kier alpha value is -1.13. The van der Waals surface area contributed by atoms with Crippen LogP contribution in [-0.2, 0) is 0 Å². The molecule has 1 aromatic rings. The number of rotatable bonds is 5. The van der Waals surface area contributed by atoms with Crippen molar-refractivity contribution in [3.8, 4) is 0 Å². The smallest absolute Gasteiger partial charge is 0.125 e. The van der Waals surface area contributed by atoms with Crippen LogP contribution in [0.25, 0.3) is 0 Å². The number of nitrogens with one attached hydrogen (secondary N) is 1. The van der Waals surface area contributed by atoms with Crippen LogP contribution in [0.15, 0.2) is 18.2 Å². The van der Waals surface area contributed by atoms with Crippen molar-refractivity contribution in [2.45, 2.75) is 39.8 Å². The summed E-state index contributed by atoms with van der Waals surface area (Å²) in [6, 6.07) is 4.85. The average Bonchev–Trinajstić information content (AvgIpc) is 2.34. The second-order valence-corrected chi connectivity index (χ2v) is 6.61. The highest BCUT2D eigenvalue weighted by Crippen LogP contribution is 2.26. The normalized spacial score (nSPS) is 15.0. The molecule has 1 aromatic carbocycles. The van der Waals surface area contributed by atoms with Crippen LogP contribution in [0.5, 0.6) is 0 Å². The lowest BCUT2D eigenvalue weighted by Gasteiger charge is -2.28. The molecule has 0 aromatic heterocycles. The van der Waals surface area contributed by atoms with Gasteiger partial charge in [-0.05, 0) is 30.0 Å². The van der Waals surface area contributed by atoms with Crippen molar-refractivity contribution < 1.29 is 9.50 Å². The van der Waals surface area contributed by atoms with Crippen molar-refractivity contribution in [3.05, 3.63) is 29.6 Å². The van der Waals surface area contributed by atoms with Crippen molar-refractivity contribution in [1.82, 2.24) is 5.32 Å². The van der Waals surface area contributed by atoms with Gasteiger partial charge in [-0.15, -0.1) is 0 Å². The molecular weight excluding hydrogens is 255 g/mol. The fourth-order valence-corrected chi connectivity index (χ4v) is 1.97. The lowest BCUT2D eigenvalue weighted by atomic mass is 9.89. The summed E-state index contributed by atoms with van der Waals surface area (Å²) in [5.41, 5.74) is 1.73. The highest BCUT2D eigenvalue weighted by atomic mass is 19.1. The molecular formula is C16H27FN2O. The highest BCUT2D eigenvalue weighted by Gasteiger charge is 2.23. The fraction of sp³-hybridized carbons (Fsp3) is 0.625. The molecule has 0 fully saturated rings. The lowest BCUT2D eigenvalue weighted by molar-refractivity contribution is 0.0609. The van der Waals surface area contributed by atoms with Gasteiger partial charge in [0.2, 0.25) is 0 Å². The summed E-state index contributed by atoms with van der Waals surface area (Å²) < 4.78 is 13.4. The zero-order valence-electron chi connectivity index (χ0n) is 13.4. The molecule has 0 saturated heterocycles. The molecule has 0 heterocycles. The number of aliphatic hydroxyl groups excluding tert-OH is 1. The van der Waals surface area contributed by atoms with Crippen molar-refractivity contribution in [1.29, 1.82) is 0 Å². The molecule has 0 aliphatic carbocycles. The van der Waals surface area contributed by atoms with Gasteiger partial charge in [-0.25, -0.2) is 4.39 Å². The van der Waals surface area contributed by atoms with Gasteiger partial charge in [-0.1, -0.05) is 26.8 Å². The standard InChI is InChI=1S/C16H27FN2O/c1-11(18-10-15(20)16(2,3)4)13-8-7-12(17)9-14(13)19(5)6/h7-9,11,15,18,20H,10H2,1-6H3. The maximum atomic E-state index is 13.4. The minimum Gasteiger partial charge on any atom is -0.391 e. The molecule has 2 unspecified atom stereocenters. The van der Waals surface area contributed by atoms with E-state index in [0.717, 1.165) is 11.3 Å². The first kappa shape index (κ1) is 16.9. The lowest BCUT2D eigenvalue weighted by Crippen LogP contribution is -2.37. The van der Waals surface area contributed by atoms with E-state index in [1.807, 2.05) is 46.7 Å². The van der Waals surface area contributed by atoms with Gasteiger partial charge in [0, 0.05) is 32.4 Å². The first-order valence-corrected chi connectivity index (χ1v) is 7.01. The first-order valence-electron chi connectivity index (χ1n) is 7.01. The number of benzene rings is 1. The number of halogens is 1. The molecule has 0 aliphatic heterocycles. The number of nitrogens with zero attached hydrogens (tertiary/aromatic N) is 1. The molecule has 4 heteroatoms. The molecule has 2 N–H and O–H groups in total. The van der Waals surface area contributed by atoms with E-state index in [4.69, 9.17) is 0 Å². The van der Waals surface area contributed by atoms with Crippen LogP contribution in [-0.4, -0.2) is 31.9 Å². The van der Waals surface area contributed by atoms with E-state index in [-0.39, 0.29) is 17.3 Å². The Labute approximate surface area is 121 Å². The summed E-state index contributed by atoms with van der Waals surface area (Å²) in [5, 5.41) is 13.4. The number of aliphatic hydroxyl groups is 1. The van der Waals surface area contributed by atoms with Crippen LogP contribution < -0.4 is 10.2 Å². The quantitative estimate of drug-likeness (QED) is 0.871. The Morgan fingerprint density at radius 3 is 2.40 bits per heavy atom. The van der Waals surface area contributed by atoms with E-state index in [1.165, 1.54) is 12.1 Å². The monoisotopic (exact) mass is 282 g/mol. The second kappa shape index (κ2) is 6.55. The van der Waals surface area contributed by atoms with Crippen LogP contribution in [0, 0.1) is 11.2 Å². The summed E-state index contributed by atoms with van der Waals surface area (Å²) >= 11 is 0. The van der Waals surface area contributed by atoms with Crippen molar-refractivity contribution in [2.75, 3.05) is 25.5 Å². The molecule has 0 bridgehead atoms. The summed E-state index contributed by atoms with van der Waals surface area (Å²) in [6.07, 6.45) is -0.423. The predicted octanol–water partition coefficient (Wildman–Crippen LogP) is 2.95. The molecule has 0 spiro atoms. The number of hydrogen-bond acceptors (Lipinski definition) is 3. The Kier molecular flexibility index (Phi) is 5.54. The summed E-state index contributed by atoms with van der Waals surface area (Å²) in [7, 11) is 3.80. The first-order chi connectivity index (χ1) is 9.12. The van der Waals surface area contributed by atoms with Gasteiger partial charge in [0.05, 0.1) is 6.10 Å². The topological polar surface area (TPSA) is 35.5 Å². The third-order valence-electron chi connectivity index (χ3n) is 3.56. The largest absolute Gasteiger partial charge is 0.391 e. The van der Waals surface area contributed by atoms with Gasteiger partial charge < -0.3 is 15.3 Å². The Morgan fingerprint density at radius 2 is 1.90 bits per heavy atom. The van der Waals surface area contributed by atoms with E-state index in [1.54, 1.807) is 6.07 Å². The highest BCUT2D eigenvalue weighted by molar-refractivity contribution is 5.54. The number of hydrogen-bond donors (Lipinski definition) is 2. The molecule has 0 aliphatic rings. The van der Waals surface area contributed by atoms with Crippen LogP contribution in [0.2, 0.25) is 0 Å². The molecule has 114 valence electrons. The van der Waals surface area contributed by atoms with E-state index in [9.17, 15) is 9.50 Å². The third kappa shape index (κ3) is 4.46. The van der Waals surface area contributed by atoms with Gasteiger partial charge in [0.15, 0.2) is 0 Å². The summed E-state index contributed by atoms with van der Waals surface area (Å²) in [5.74, 6) is -0.237. The SMILES string of the molecule is CC(NCC(O)C(C)(C)C)c1ccc(F)cc1N(C)C. The molecule has 0 saturated carbocycles. The Balaban J connectivity index is 2.80. The summed E-state index contributed by atoms with van der Waals surface area (Å²) in [4.78, 5) is 1.90.